The van der Waals surface area contributed by atoms with Crippen molar-refractivity contribution in [1.82, 2.24) is 5.32 Å². The molecular weight excluding hydrogens is 218 g/mol. The summed E-state index contributed by atoms with van der Waals surface area (Å²) in [6.07, 6.45) is 7.23. The van der Waals surface area contributed by atoms with Gasteiger partial charge < -0.3 is 10.4 Å². The Hall–Kier alpha value is -1.06. The van der Waals surface area contributed by atoms with Crippen molar-refractivity contribution in [1.29, 1.82) is 0 Å². The molecule has 1 saturated carbocycles. The van der Waals surface area contributed by atoms with Gasteiger partial charge in [0, 0.05) is 13.0 Å². The number of amides is 1. The maximum atomic E-state index is 11.5. The van der Waals surface area contributed by atoms with Gasteiger partial charge in [0.25, 0.3) is 0 Å². The summed E-state index contributed by atoms with van der Waals surface area (Å²) in [7, 11) is 0. The van der Waals surface area contributed by atoms with Crippen LogP contribution in [0.2, 0.25) is 0 Å². The number of aliphatic carboxylic acids is 1. The van der Waals surface area contributed by atoms with Gasteiger partial charge in [0.2, 0.25) is 5.91 Å². The fourth-order valence-electron chi connectivity index (χ4n) is 2.27. The SMILES string of the molecule is CC(CCNC(=O)CCC1CCCC1)C(=O)O. The molecule has 4 nitrogen and oxygen atoms in total. The van der Waals surface area contributed by atoms with Crippen molar-refractivity contribution >= 4 is 11.9 Å². The average Bonchev–Trinajstić information content (AvgIpc) is 2.78. The van der Waals surface area contributed by atoms with Crippen molar-refractivity contribution < 1.29 is 14.7 Å². The van der Waals surface area contributed by atoms with Crippen molar-refractivity contribution in [2.45, 2.75) is 51.9 Å². The van der Waals surface area contributed by atoms with Crippen LogP contribution in [-0.2, 0) is 9.59 Å². The fraction of sp³-hybridized carbons (Fsp3) is 0.846. The number of rotatable bonds is 7. The van der Waals surface area contributed by atoms with E-state index >= 15 is 0 Å². The van der Waals surface area contributed by atoms with Crippen LogP contribution in [0.3, 0.4) is 0 Å². The standard InChI is InChI=1S/C13H23NO3/c1-10(13(16)17)8-9-14-12(15)7-6-11-4-2-3-5-11/h10-11H,2-9H2,1H3,(H,14,15)(H,16,17). The summed E-state index contributed by atoms with van der Waals surface area (Å²) in [6, 6.07) is 0. The highest BCUT2D eigenvalue weighted by molar-refractivity contribution is 5.76. The van der Waals surface area contributed by atoms with E-state index in [-0.39, 0.29) is 11.8 Å². The molecule has 0 bridgehead atoms. The molecule has 1 aliphatic rings. The van der Waals surface area contributed by atoms with Gasteiger partial charge >= 0.3 is 5.97 Å². The van der Waals surface area contributed by atoms with Gasteiger partial charge in [-0.25, -0.2) is 0 Å². The van der Waals surface area contributed by atoms with Gasteiger partial charge in [-0.1, -0.05) is 32.6 Å². The van der Waals surface area contributed by atoms with Gasteiger partial charge in [0.05, 0.1) is 5.92 Å². The second kappa shape index (κ2) is 7.30. The van der Waals surface area contributed by atoms with E-state index < -0.39 is 5.97 Å². The lowest BCUT2D eigenvalue weighted by molar-refractivity contribution is -0.141. The van der Waals surface area contributed by atoms with E-state index in [4.69, 9.17) is 5.11 Å². The molecule has 1 fully saturated rings. The third-order valence-corrected chi connectivity index (χ3v) is 3.58. The van der Waals surface area contributed by atoms with Crippen molar-refractivity contribution in [2.75, 3.05) is 6.54 Å². The van der Waals surface area contributed by atoms with Gasteiger partial charge in [0.1, 0.15) is 0 Å². The van der Waals surface area contributed by atoms with E-state index in [9.17, 15) is 9.59 Å². The molecule has 98 valence electrons. The van der Waals surface area contributed by atoms with Crippen molar-refractivity contribution in [3.05, 3.63) is 0 Å². The molecule has 0 radical (unpaired) electrons. The quantitative estimate of drug-likeness (QED) is 0.718. The van der Waals surface area contributed by atoms with Gasteiger partial charge in [-0.2, -0.15) is 0 Å². The zero-order chi connectivity index (χ0) is 12.7. The minimum atomic E-state index is -0.801. The molecule has 0 aromatic carbocycles. The zero-order valence-electron chi connectivity index (χ0n) is 10.6. The molecule has 0 aliphatic heterocycles. The molecule has 1 aliphatic carbocycles. The molecule has 0 spiro atoms. The monoisotopic (exact) mass is 241 g/mol. The van der Waals surface area contributed by atoms with Crippen molar-refractivity contribution in [3.63, 3.8) is 0 Å². The Morgan fingerprint density at radius 2 is 2.00 bits per heavy atom. The van der Waals surface area contributed by atoms with Gasteiger partial charge in [-0.05, 0) is 18.8 Å². The Kier molecular flexibility index (Phi) is 6.01. The average molecular weight is 241 g/mol. The highest BCUT2D eigenvalue weighted by Crippen LogP contribution is 2.28. The first kappa shape index (κ1) is 14.0. The van der Waals surface area contributed by atoms with E-state index in [1.54, 1.807) is 6.92 Å². The van der Waals surface area contributed by atoms with Crippen LogP contribution in [0.5, 0.6) is 0 Å². The Labute approximate surface area is 103 Å². The molecule has 1 amide bonds. The van der Waals surface area contributed by atoms with Crippen LogP contribution >= 0.6 is 0 Å². The first-order valence-electron chi connectivity index (χ1n) is 6.59. The predicted molar refractivity (Wildman–Crippen MR) is 65.6 cm³/mol. The van der Waals surface area contributed by atoms with Crippen LogP contribution in [0.25, 0.3) is 0 Å². The van der Waals surface area contributed by atoms with Crippen LogP contribution in [0.15, 0.2) is 0 Å². The molecule has 0 saturated heterocycles. The molecule has 1 rings (SSSR count). The highest BCUT2D eigenvalue weighted by Gasteiger charge is 2.16. The number of carbonyl (C=O) groups is 2. The molecule has 4 heteroatoms. The minimum Gasteiger partial charge on any atom is -0.481 e. The maximum absolute atomic E-state index is 11.5. The fourth-order valence-corrected chi connectivity index (χ4v) is 2.27. The number of hydrogen-bond acceptors (Lipinski definition) is 2. The Morgan fingerprint density at radius 1 is 1.35 bits per heavy atom. The Balaban J connectivity index is 2.02. The lowest BCUT2D eigenvalue weighted by Crippen LogP contribution is -2.27. The first-order valence-corrected chi connectivity index (χ1v) is 6.59. The minimum absolute atomic E-state index is 0.0643. The van der Waals surface area contributed by atoms with Gasteiger partial charge in [-0.15, -0.1) is 0 Å². The van der Waals surface area contributed by atoms with Crippen LogP contribution in [-0.4, -0.2) is 23.5 Å². The Morgan fingerprint density at radius 3 is 2.59 bits per heavy atom. The number of hydrogen-bond donors (Lipinski definition) is 2. The molecule has 2 N–H and O–H groups in total. The van der Waals surface area contributed by atoms with Crippen LogP contribution < -0.4 is 5.32 Å². The maximum Gasteiger partial charge on any atom is 0.306 e. The lowest BCUT2D eigenvalue weighted by atomic mass is 10.0. The van der Waals surface area contributed by atoms with Gasteiger partial charge in [-0.3, -0.25) is 9.59 Å². The normalized spacial score (nSPS) is 17.9. The van der Waals surface area contributed by atoms with Crippen LogP contribution in [0.1, 0.15) is 51.9 Å². The molecule has 0 aromatic heterocycles. The molecule has 1 atom stereocenters. The summed E-state index contributed by atoms with van der Waals surface area (Å²) in [4.78, 5) is 22.1. The second-order valence-corrected chi connectivity index (χ2v) is 5.07. The second-order valence-electron chi connectivity index (χ2n) is 5.07. The molecule has 0 heterocycles. The van der Waals surface area contributed by atoms with Crippen molar-refractivity contribution in [3.8, 4) is 0 Å². The summed E-state index contributed by atoms with van der Waals surface area (Å²) in [5.74, 6) is -0.386. The Bertz CT molecular complexity index is 259. The van der Waals surface area contributed by atoms with E-state index in [1.807, 2.05) is 0 Å². The number of carboxylic acids is 1. The largest absolute Gasteiger partial charge is 0.481 e. The number of carboxylic acid groups (broad SMARTS) is 1. The molecule has 0 aromatic rings. The first-order chi connectivity index (χ1) is 8.09. The third-order valence-electron chi connectivity index (χ3n) is 3.58. The predicted octanol–water partition coefficient (Wildman–Crippen LogP) is 2.18. The molecule has 17 heavy (non-hydrogen) atoms. The van der Waals surface area contributed by atoms with Crippen molar-refractivity contribution in [2.24, 2.45) is 11.8 Å². The number of carbonyl (C=O) groups excluding carboxylic acids is 1. The smallest absolute Gasteiger partial charge is 0.306 e. The zero-order valence-corrected chi connectivity index (χ0v) is 10.6. The van der Waals surface area contributed by atoms with Crippen LogP contribution in [0.4, 0.5) is 0 Å². The summed E-state index contributed by atoms with van der Waals surface area (Å²) >= 11 is 0. The van der Waals surface area contributed by atoms with E-state index in [2.05, 4.69) is 5.32 Å². The van der Waals surface area contributed by atoms with E-state index in [0.717, 1.165) is 12.3 Å². The highest BCUT2D eigenvalue weighted by atomic mass is 16.4. The summed E-state index contributed by atoms with van der Waals surface area (Å²) in [5.41, 5.74) is 0. The summed E-state index contributed by atoms with van der Waals surface area (Å²) < 4.78 is 0. The van der Waals surface area contributed by atoms with E-state index in [1.165, 1.54) is 25.7 Å². The van der Waals surface area contributed by atoms with Crippen LogP contribution in [0, 0.1) is 11.8 Å². The lowest BCUT2D eigenvalue weighted by Gasteiger charge is -2.10. The molecular formula is C13H23NO3. The summed E-state index contributed by atoms with van der Waals surface area (Å²) in [6.45, 7) is 2.13. The summed E-state index contributed by atoms with van der Waals surface area (Å²) in [5, 5.41) is 11.5. The topological polar surface area (TPSA) is 66.4 Å². The van der Waals surface area contributed by atoms with E-state index in [0.29, 0.717) is 19.4 Å². The van der Waals surface area contributed by atoms with Gasteiger partial charge in [0.15, 0.2) is 0 Å². The number of nitrogens with one attached hydrogen (secondary N) is 1. The third kappa shape index (κ3) is 5.71. The molecule has 1 unspecified atom stereocenters.